The second-order valence-corrected chi connectivity index (χ2v) is 8.53. The Labute approximate surface area is 144 Å². The van der Waals surface area contributed by atoms with Crippen molar-refractivity contribution in [3.05, 3.63) is 46.6 Å². The van der Waals surface area contributed by atoms with Crippen molar-refractivity contribution in [2.24, 2.45) is 0 Å². The van der Waals surface area contributed by atoms with Gasteiger partial charge in [0.15, 0.2) is 0 Å². The van der Waals surface area contributed by atoms with E-state index >= 15 is 0 Å². The van der Waals surface area contributed by atoms with Crippen molar-refractivity contribution in [3.8, 4) is 11.3 Å². The second kappa shape index (κ2) is 7.17. The van der Waals surface area contributed by atoms with Crippen molar-refractivity contribution < 1.29 is 12.8 Å². The minimum absolute atomic E-state index is 0.279. The van der Waals surface area contributed by atoms with Crippen LogP contribution in [-0.2, 0) is 16.6 Å². The molecule has 1 aromatic carbocycles. The van der Waals surface area contributed by atoms with Crippen LogP contribution in [0, 0.1) is 0 Å². The van der Waals surface area contributed by atoms with Crippen LogP contribution in [0.25, 0.3) is 11.3 Å². The summed E-state index contributed by atoms with van der Waals surface area (Å²) >= 11 is 3.45. The number of benzene rings is 1. The normalized spacial score (nSPS) is 17.6. The van der Waals surface area contributed by atoms with Crippen LogP contribution in [0.3, 0.4) is 0 Å². The highest BCUT2D eigenvalue weighted by Gasteiger charge is 2.27. The molecule has 0 saturated carbocycles. The molecule has 1 aromatic heterocycles. The highest BCUT2D eigenvalue weighted by atomic mass is 79.9. The van der Waals surface area contributed by atoms with Gasteiger partial charge in [0.1, 0.15) is 11.5 Å². The zero-order valence-corrected chi connectivity index (χ0v) is 15.1. The number of hydrogen-bond acceptors (Lipinski definition) is 4. The van der Waals surface area contributed by atoms with Crippen LogP contribution in [-0.4, -0.2) is 38.1 Å². The molecular weight excluding hydrogens is 380 g/mol. The fraction of sp³-hybridized carbons (Fsp3) is 0.375. The van der Waals surface area contributed by atoms with Crippen LogP contribution in [0.1, 0.15) is 12.2 Å². The monoisotopic (exact) mass is 398 g/mol. The van der Waals surface area contributed by atoms with Crippen LogP contribution in [0.2, 0.25) is 0 Å². The molecule has 1 aliphatic rings. The lowest BCUT2D eigenvalue weighted by Gasteiger charge is -2.13. The van der Waals surface area contributed by atoms with E-state index in [0.717, 1.165) is 28.0 Å². The molecule has 1 N–H and O–H groups in total. The first-order valence-electron chi connectivity index (χ1n) is 7.58. The standard InChI is InChI=1S/C16H19BrN2O3S/c17-14-4-1-3-13(11-14)16-6-5-15(22-16)12-18-7-9-19-8-2-10-23(19,20)21/h1,3-6,11,18H,2,7-10,12H2. The third kappa shape index (κ3) is 4.23. The number of hydrogen-bond donors (Lipinski definition) is 1. The highest BCUT2D eigenvalue weighted by Crippen LogP contribution is 2.24. The molecule has 124 valence electrons. The Morgan fingerprint density at radius 2 is 2.13 bits per heavy atom. The molecule has 2 aromatic rings. The maximum atomic E-state index is 11.7. The molecule has 5 nitrogen and oxygen atoms in total. The van der Waals surface area contributed by atoms with E-state index in [-0.39, 0.29) is 5.75 Å². The van der Waals surface area contributed by atoms with Crippen LogP contribution in [0.5, 0.6) is 0 Å². The van der Waals surface area contributed by atoms with Gasteiger partial charge in [-0.25, -0.2) is 12.7 Å². The molecule has 0 atom stereocenters. The zero-order valence-electron chi connectivity index (χ0n) is 12.7. The Kier molecular flexibility index (Phi) is 5.21. The minimum Gasteiger partial charge on any atom is -0.460 e. The first kappa shape index (κ1) is 16.7. The predicted octanol–water partition coefficient (Wildman–Crippen LogP) is 2.83. The summed E-state index contributed by atoms with van der Waals surface area (Å²) in [7, 11) is -3.00. The molecule has 23 heavy (non-hydrogen) atoms. The maximum absolute atomic E-state index is 11.7. The molecule has 3 rings (SSSR count). The number of nitrogens with one attached hydrogen (secondary N) is 1. The number of nitrogens with zero attached hydrogens (tertiary/aromatic N) is 1. The van der Waals surface area contributed by atoms with E-state index < -0.39 is 10.0 Å². The van der Waals surface area contributed by atoms with Crippen LogP contribution in [0.15, 0.2) is 45.3 Å². The van der Waals surface area contributed by atoms with Gasteiger partial charge in [-0.2, -0.15) is 0 Å². The molecular formula is C16H19BrN2O3S. The van der Waals surface area contributed by atoms with Gasteiger partial charge in [0.25, 0.3) is 0 Å². The molecule has 0 spiro atoms. The van der Waals surface area contributed by atoms with Crippen molar-refractivity contribution in [2.45, 2.75) is 13.0 Å². The maximum Gasteiger partial charge on any atom is 0.214 e. The van der Waals surface area contributed by atoms with Gasteiger partial charge in [-0.15, -0.1) is 0 Å². The third-order valence-corrected chi connectivity index (χ3v) is 6.26. The molecule has 1 aliphatic heterocycles. The smallest absolute Gasteiger partial charge is 0.214 e. The van der Waals surface area contributed by atoms with Crippen molar-refractivity contribution >= 4 is 26.0 Å². The molecule has 0 unspecified atom stereocenters. The van der Waals surface area contributed by atoms with E-state index in [1.807, 2.05) is 36.4 Å². The van der Waals surface area contributed by atoms with Crippen molar-refractivity contribution in [3.63, 3.8) is 0 Å². The Bertz CT molecular complexity index is 773. The molecule has 2 heterocycles. The Hall–Kier alpha value is -1.15. The Balaban J connectivity index is 1.50. The van der Waals surface area contributed by atoms with Gasteiger partial charge in [0.2, 0.25) is 10.0 Å². The molecule has 0 amide bonds. The predicted molar refractivity (Wildman–Crippen MR) is 93.5 cm³/mol. The summed E-state index contributed by atoms with van der Waals surface area (Å²) in [6, 6.07) is 11.8. The quantitative estimate of drug-likeness (QED) is 0.759. The van der Waals surface area contributed by atoms with Crippen molar-refractivity contribution in [1.82, 2.24) is 9.62 Å². The lowest BCUT2D eigenvalue weighted by molar-refractivity contribution is 0.424. The molecule has 7 heteroatoms. The van der Waals surface area contributed by atoms with Gasteiger partial charge in [-0.3, -0.25) is 0 Å². The first-order chi connectivity index (χ1) is 11.0. The first-order valence-corrected chi connectivity index (χ1v) is 9.98. The van der Waals surface area contributed by atoms with E-state index in [9.17, 15) is 8.42 Å². The molecule has 1 saturated heterocycles. The molecule has 1 fully saturated rings. The van der Waals surface area contributed by atoms with Gasteiger partial charge >= 0.3 is 0 Å². The van der Waals surface area contributed by atoms with E-state index in [1.165, 1.54) is 0 Å². The number of halogens is 1. The number of furan rings is 1. The van der Waals surface area contributed by atoms with Gasteiger partial charge in [0.05, 0.1) is 12.3 Å². The number of rotatable bonds is 6. The molecule has 0 radical (unpaired) electrons. The summed E-state index contributed by atoms with van der Waals surface area (Å²) in [6.45, 7) is 2.35. The topological polar surface area (TPSA) is 62.6 Å². The van der Waals surface area contributed by atoms with E-state index in [2.05, 4.69) is 21.2 Å². The lowest BCUT2D eigenvalue weighted by atomic mass is 10.2. The highest BCUT2D eigenvalue weighted by molar-refractivity contribution is 9.10. The fourth-order valence-electron chi connectivity index (χ4n) is 2.63. The van der Waals surface area contributed by atoms with E-state index in [1.54, 1.807) is 4.31 Å². The van der Waals surface area contributed by atoms with Gasteiger partial charge in [0, 0.05) is 29.7 Å². The average Bonchev–Trinajstić information content (AvgIpc) is 3.10. The zero-order chi connectivity index (χ0) is 16.3. The SMILES string of the molecule is O=S1(=O)CCCN1CCNCc1ccc(-c2cccc(Br)c2)o1. The number of sulfonamides is 1. The summed E-state index contributed by atoms with van der Waals surface area (Å²) < 4.78 is 31.8. The van der Waals surface area contributed by atoms with Crippen molar-refractivity contribution in [1.29, 1.82) is 0 Å². The van der Waals surface area contributed by atoms with Gasteiger partial charge in [-0.1, -0.05) is 28.1 Å². The average molecular weight is 399 g/mol. The van der Waals surface area contributed by atoms with Gasteiger partial charge in [-0.05, 0) is 30.7 Å². The Morgan fingerprint density at radius 3 is 2.87 bits per heavy atom. The van der Waals surface area contributed by atoms with E-state index in [4.69, 9.17) is 4.42 Å². The van der Waals surface area contributed by atoms with Crippen molar-refractivity contribution in [2.75, 3.05) is 25.4 Å². The summed E-state index contributed by atoms with van der Waals surface area (Å²) in [5, 5.41) is 3.23. The van der Waals surface area contributed by atoms with Crippen LogP contribution < -0.4 is 5.32 Å². The summed E-state index contributed by atoms with van der Waals surface area (Å²) in [6.07, 6.45) is 0.733. The fourth-order valence-corrected chi connectivity index (χ4v) is 4.56. The molecule has 0 aliphatic carbocycles. The Morgan fingerprint density at radius 1 is 1.26 bits per heavy atom. The summed E-state index contributed by atoms with van der Waals surface area (Å²) in [5.41, 5.74) is 1.02. The third-order valence-electron chi connectivity index (χ3n) is 3.81. The second-order valence-electron chi connectivity index (χ2n) is 5.52. The summed E-state index contributed by atoms with van der Waals surface area (Å²) in [5.74, 6) is 1.94. The van der Waals surface area contributed by atoms with Crippen LogP contribution in [0.4, 0.5) is 0 Å². The van der Waals surface area contributed by atoms with E-state index in [0.29, 0.717) is 26.2 Å². The lowest BCUT2D eigenvalue weighted by Crippen LogP contribution is -2.33. The summed E-state index contributed by atoms with van der Waals surface area (Å²) in [4.78, 5) is 0. The van der Waals surface area contributed by atoms with Gasteiger partial charge < -0.3 is 9.73 Å². The van der Waals surface area contributed by atoms with Crippen LogP contribution >= 0.6 is 15.9 Å². The molecule has 0 bridgehead atoms. The minimum atomic E-state index is -3.00. The largest absolute Gasteiger partial charge is 0.460 e.